The normalized spacial score (nSPS) is 27.7. The van der Waals surface area contributed by atoms with Crippen LogP contribution >= 0.6 is 0 Å². The Bertz CT molecular complexity index is 249. The summed E-state index contributed by atoms with van der Waals surface area (Å²) in [5.41, 5.74) is 1.64. The van der Waals surface area contributed by atoms with Gasteiger partial charge in [-0.2, -0.15) is 0 Å². The second-order valence-electron chi connectivity index (χ2n) is 4.24. The maximum atomic E-state index is 3.60. The molecule has 12 heavy (non-hydrogen) atoms. The molecule has 0 aromatic carbocycles. The molecule has 1 fully saturated rings. The van der Waals surface area contributed by atoms with Crippen LogP contribution in [0.1, 0.15) is 38.4 Å². The highest BCUT2D eigenvalue weighted by Crippen LogP contribution is 2.31. The molecule has 2 nitrogen and oxygen atoms in total. The van der Waals surface area contributed by atoms with Gasteiger partial charge < -0.3 is 10.3 Å². The molecule has 0 radical (unpaired) electrons. The molecule has 1 unspecified atom stereocenters. The zero-order chi connectivity index (χ0) is 8.60. The predicted octanol–water partition coefficient (Wildman–Crippen LogP) is 2.22. The van der Waals surface area contributed by atoms with E-state index in [1.54, 1.807) is 0 Å². The third kappa shape index (κ3) is 1.39. The summed E-state index contributed by atoms with van der Waals surface area (Å²) >= 11 is 0. The fourth-order valence-electron chi connectivity index (χ4n) is 1.92. The van der Waals surface area contributed by atoms with Crippen LogP contribution < -0.4 is 5.32 Å². The molecule has 1 aromatic rings. The number of nitrogens with one attached hydrogen (secondary N) is 2. The van der Waals surface area contributed by atoms with Crippen molar-refractivity contribution in [2.45, 2.75) is 38.3 Å². The average Bonchev–Trinajstić information content (AvgIpc) is 2.55. The Morgan fingerprint density at radius 1 is 1.50 bits per heavy atom. The van der Waals surface area contributed by atoms with Crippen LogP contribution in [0.15, 0.2) is 18.3 Å². The van der Waals surface area contributed by atoms with Crippen molar-refractivity contribution in [1.29, 1.82) is 0 Å². The van der Waals surface area contributed by atoms with E-state index in [1.807, 2.05) is 6.20 Å². The van der Waals surface area contributed by atoms with Gasteiger partial charge in [0.25, 0.3) is 0 Å². The lowest BCUT2D eigenvalue weighted by Gasteiger charge is -2.19. The van der Waals surface area contributed by atoms with Gasteiger partial charge in [0.15, 0.2) is 0 Å². The smallest absolute Gasteiger partial charge is 0.0477 e. The quantitative estimate of drug-likeness (QED) is 0.654. The van der Waals surface area contributed by atoms with E-state index in [0.29, 0.717) is 11.6 Å². The summed E-state index contributed by atoms with van der Waals surface area (Å²) in [4.78, 5) is 3.25. The number of aromatic amines is 1. The number of hydrogen-bond acceptors (Lipinski definition) is 1. The van der Waals surface area contributed by atoms with Crippen LogP contribution in [-0.2, 0) is 0 Å². The Labute approximate surface area is 73.4 Å². The summed E-state index contributed by atoms with van der Waals surface area (Å²) in [6, 6.07) is 4.75. The first-order valence-corrected chi connectivity index (χ1v) is 4.58. The van der Waals surface area contributed by atoms with Crippen LogP contribution in [0.4, 0.5) is 0 Å². The molecule has 0 bridgehead atoms. The van der Waals surface area contributed by atoms with Crippen molar-refractivity contribution < 1.29 is 0 Å². The Balaban J connectivity index is 2.10. The molecule has 1 atom stereocenters. The molecule has 1 aromatic heterocycles. The van der Waals surface area contributed by atoms with E-state index in [1.165, 1.54) is 18.5 Å². The van der Waals surface area contributed by atoms with Crippen LogP contribution in [0, 0.1) is 0 Å². The topological polar surface area (TPSA) is 27.8 Å². The molecule has 2 heteroatoms. The van der Waals surface area contributed by atoms with Crippen LogP contribution in [0.25, 0.3) is 0 Å². The zero-order valence-electron chi connectivity index (χ0n) is 7.72. The van der Waals surface area contributed by atoms with E-state index in [9.17, 15) is 0 Å². The van der Waals surface area contributed by atoms with Gasteiger partial charge >= 0.3 is 0 Å². The number of H-pyrrole nitrogens is 1. The molecular weight excluding hydrogens is 148 g/mol. The van der Waals surface area contributed by atoms with Gasteiger partial charge in [-0.15, -0.1) is 0 Å². The van der Waals surface area contributed by atoms with Crippen molar-refractivity contribution in [3.63, 3.8) is 0 Å². The summed E-state index contributed by atoms with van der Waals surface area (Å²) in [5, 5.41) is 3.60. The maximum absolute atomic E-state index is 3.60. The van der Waals surface area contributed by atoms with E-state index in [4.69, 9.17) is 0 Å². The van der Waals surface area contributed by atoms with Crippen molar-refractivity contribution in [2.75, 3.05) is 0 Å². The average molecular weight is 164 g/mol. The van der Waals surface area contributed by atoms with Crippen LogP contribution in [0.5, 0.6) is 0 Å². The Hall–Kier alpha value is -0.760. The fourth-order valence-corrected chi connectivity index (χ4v) is 1.92. The van der Waals surface area contributed by atoms with Gasteiger partial charge in [-0.25, -0.2) is 0 Å². The standard InChI is InChI=1S/C10H16N2/c1-10(2)6-5-9(12-10)8-4-3-7-11-8/h3-4,7,9,11-12H,5-6H2,1-2H3. The molecule has 0 saturated carbocycles. The molecule has 1 aliphatic rings. The lowest BCUT2D eigenvalue weighted by molar-refractivity contribution is 0.430. The summed E-state index contributed by atoms with van der Waals surface area (Å²) in [6.07, 6.45) is 4.49. The van der Waals surface area contributed by atoms with E-state index in [2.05, 4.69) is 36.3 Å². The number of rotatable bonds is 1. The molecule has 2 N–H and O–H groups in total. The summed E-state index contributed by atoms with van der Waals surface area (Å²) in [6.45, 7) is 4.52. The van der Waals surface area contributed by atoms with Crippen molar-refractivity contribution in [3.8, 4) is 0 Å². The first-order chi connectivity index (χ1) is 5.67. The molecule has 0 aliphatic carbocycles. The SMILES string of the molecule is CC1(C)CCC(c2ccc[nH]2)N1. The molecule has 0 spiro atoms. The van der Waals surface area contributed by atoms with Gasteiger partial charge in [0.05, 0.1) is 0 Å². The molecule has 0 amide bonds. The Kier molecular flexibility index (Phi) is 1.72. The number of hydrogen-bond donors (Lipinski definition) is 2. The van der Waals surface area contributed by atoms with Crippen molar-refractivity contribution in [1.82, 2.24) is 10.3 Å². The lowest BCUT2D eigenvalue weighted by Crippen LogP contribution is -2.33. The second-order valence-corrected chi connectivity index (χ2v) is 4.24. The minimum absolute atomic E-state index is 0.315. The van der Waals surface area contributed by atoms with Gasteiger partial charge in [-0.3, -0.25) is 0 Å². The minimum Gasteiger partial charge on any atom is -0.364 e. The highest BCUT2D eigenvalue weighted by atomic mass is 15.0. The molecule has 1 aliphatic heterocycles. The van der Waals surface area contributed by atoms with E-state index >= 15 is 0 Å². The van der Waals surface area contributed by atoms with Gasteiger partial charge in [-0.1, -0.05) is 0 Å². The van der Waals surface area contributed by atoms with Crippen molar-refractivity contribution in [2.24, 2.45) is 0 Å². The summed E-state index contributed by atoms with van der Waals surface area (Å²) < 4.78 is 0. The third-order valence-electron chi connectivity index (χ3n) is 2.62. The number of aromatic nitrogens is 1. The molecule has 1 saturated heterocycles. The van der Waals surface area contributed by atoms with Crippen molar-refractivity contribution in [3.05, 3.63) is 24.0 Å². The van der Waals surface area contributed by atoms with E-state index in [0.717, 1.165) is 0 Å². The molecule has 2 rings (SSSR count). The van der Waals surface area contributed by atoms with E-state index < -0.39 is 0 Å². The monoisotopic (exact) mass is 164 g/mol. The van der Waals surface area contributed by atoms with Gasteiger partial charge in [0.1, 0.15) is 0 Å². The maximum Gasteiger partial charge on any atom is 0.0477 e. The third-order valence-corrected chi connectivity index (χ3v) is 2.62. The molecular formula is C10H16N2. The summed E-state index contributed by atoms with van der Waals surface area (Å²) in [7, 11) is 0. The molecule has 2 heterocycles. The first-order valence-electron chi connectivity index (χ1n) is 4.58. The largest absolute Gasteiger partial charge is 0.364 e. The Morgan fingerprint density at radius 3 is 2.83 bits per heavy atom. The molecule has 66 valence electrons. The minimum atomic E-state index is 0.315. The van der Waals surface area contributed by atoms with Gasteiger partial charge in [-0.05, 0) is 38.8 Å². The van der Waals surface area contributed by atoms with Crippen LogP contribution in [-0.4, -0.2) is 10.5 Å². The van der Waals surface area contributed by atoms with Gasteiger partial charge in [0.2, 0.25) is 0 Å². The fraction of sp³-hybridized carbons (Fsp3) is 0.600. The zero-order valence-corrected chi connectivity index (χ0v) is 7.72. The first kappa shape index (κ1) is 7.87. The highest BCUT2D eigenvalue weighted by molar-refractivity contribution is 5.12. The lowest BCUT2D eigenvalue weighted by atomic mass is 10.0. The van der Waals surface area contributed by atoms with Crippen LogP contribution in [0.2, 0.25) is 0 Å². The summed E-state index contributed by atoms with van der Waals surface area (Å²) in [5.74, 6) is 0. The second kappa shape index (κ2) is 2.63. The van der Waals surface area contributed by atoms with Crippen molar-refractivity contribution >= 4 is 0 Å². The predicted molar refractivity (Wildman–Crippen MR) is 50.0 cm³/mol. The van der Waals surface area contributed by atoms with Gasteiger partial charge in [0, 0.05) is 23.5 Å². The Morgan fingerprint density at radius 2 is 2.33 bits per heavy atom. The van der Waals surface area contributed by atoms with E-state index in [-0.39, 0.29) is 0 Å². The van der Waals surface area contributed by atoms with Crippen LogP contribution in [0.3, 0.4) is 0 Å². The highest BCUT2D eigenvalue weighted by Gasteiger charge is 2.30.